The Bertz CT molecular complexity index is 704. The maximum Gasteiger partial charge on any atom is 0.247 e. The molecular formula is C26H42N2O2. The number of piperidine rings is 1. The molecule has 2 N–H and O–H groups in total. The lowest BCUT2D eigenvalue weighted by molar-refractivity contribution is -0.246. The fourth-order valence-corrected chi connectivity index (χ4v) is 4.96. The van der Waals surface area contributed by atoms with Crippen molar-refractivity contribution >= 4 is 5.91 Å². The SMILES string of the molecule is CC(C)C[C@H](C)C/C=C(\Cc1ccccc1)C(=O)NC1CC(C)(C)N(O)C(C)(C)C1. The van der Waals surface area contributed by atoms with Crippen LogP contribution in [0.3, 0.4) is 0 Å². The normalized spacial score (nSPS) is 20.9. The van der Waals surface area contributed by atoms with E-state index in [1.165, 1.54) is 5.06 Å². The molecule has 0 aromatic heterocycles. The largest absolute Gasteiger partial charge is 0.349 e. The zero-order valence-electron chi connectivity index (χ0n) is 20.0. The second kappa shape index (κ2) is 10.1. The Morgan fingerprint density at radius 3 is 2.23 bits per heavy atom. The third kappa shape index (κ3) is 6.95. The van der Waals surface area contributed by atoms with Gasteiger partial charge in [-0.3, -0.25) is 4.79 Å². The van der Waals surface area contributed by atoms with Gasteiger partial charge in [0.1, 0.15) is 0 Å². The lowest BCUT2D eigenvalue weighted by atomic mass is 9.79. The predicted octanol–water partition coefficient (Wildman–Crippen LogP) is 5.75. The van der Waals surface area contributed by atoms with E-state index in [1.807, 2.05) is 45.9 Å². The zero-order chi connectivity index (χ0) is 22.5. The summed E-state index contributed by atoms with van der Waals surface area (Å²) in [5.41, 5.74) is 1.24. The molecule has 1 aliphatic heterocycles. The first-order chi connectivity index (χ1) is 13.9. The monoisotopic (exact) mass is 414 g/mol. The van der Waals surface area contributed by atoms with Gasteiger partial charge < -0.3 is 10.5 Å². The highest BCUT2D eigenvalue weighted by Gasteiger charge is 2.45. The number of rotatable bonds is 8. The molecular weight excluding hydrogens is 372 g/mol. The summed E-state index contributed by atoms with van der Waals surface area (Å²) < 4.78 is 0. The molecule has 0 aliphatic carbocycles. The minimum Gasteiger partial charge on any atom is -0.349 e. The van der Waals surface area contributed by atoms with E-state index in [-0.39, 0.29) is 23.0 Å². The second-order valence-electron chi connectivity index (χ2n) is 10.9. The lowest BCUT2D eigenvalue weighted by Gasteiger charge is -2.51. The number of carbonyl (C=O) groups is 1. The first-order valence-electron chi connectivity index (χ1n) is 11.4. The number of allylic oxidation sites excluding steroid dienone is 1. The van der Waals surface area contributed by atoms with Crippen LogP contribution >= 0.6 is 0 Å². The van der Waals surface area contributed by atoms with Crippen LogP contribution in [0.5, 0.6) is 0 Å². The van der Waals surface area contributed by atoms with E-state index in [9.17, 15) is 10.0 Å². The van der Waals surface area contributed by atoms with Crippen molar-refractivity contribution in [3.63, 3.8) is 0 Å². The van der Waals surface area contributed by atoms with Crippen LogP contribution in [0, 0.1) is 11.8 Å². The summed E-state index contributed by atoms with van der Waals surface area (Å²) >= 11 is 0. The van der Waals surface area contributed by atoms with Gasteiger partial charge in [-0.05, 0) is 70.8 Å². The van der Waals surface area contributed by atoms with Gasteiger partial charge in [-0.15, -0.1) is 0 Å². The molecule has 1 saturated heterocycles. The van der Waals surface area contributed by atoms with Crippen molar-refractivity contribution in [3.8, 4) is 0 Å². The highest BCUT2D eigenvalue weighted by atomic mass is 16.5. The van der Waals surface area contributed by atoms with Gasteiger partial charge in [-0.25, -0.2) is 0 Å². The summed E-state index contributed by atoms with van der Waals surface area (Å²) in [5.74, 6) is 1.24. The molecule has 0 radical (unpaired) electrons. The predicted molar refractivity (Wildman–Crippen MR) is 124 cm³/mol. The van der Waals surface area contributed by atoms with Gasteiger partial charge in [0.15, 0.2) is 0 Å². The molecule has 168 valence electrons. The van der Waals surface area contributed by atoms with E-state index >= 15 is 0 Å². The van der Waals surface area contributed by atoms with Crippen molar-refractivity contribution in [2.24, 2.45) is 11.8 Å². The van der Waals surface area contributed by atoms with E-state index in [4.69, 9.17) is 0 Å². The molecule has 0 spiro atoms. The highest BCUT2D eigenvalue weighted by Crippen LogP contribution is 2.36. The molecule has 1 aliphatic rings. The van der Waals surface area contributed by atoms with Crippen molar-refractivity contribution < 1.29 is 10.0 Å². The fraction of sp³-hybridized carbons (Fsp3) is 0.654. The standard InChI is InChI=1S/C26H42N2O2/c1-19(2)15-20(3)13-14-22(16-21-11-9-8-10-12-21)24(29)27-23-17-25(4,5)28(30)26(6,7)18-23/h8-12,14,19-20,23,30H,13,15-18H2,1-7H3,(H,27,29)/b22-14+/t20-/m1/s1. The number of hydrogen-bond acceptors (Lipinski definition) is 3. The van der Waals surface area contributed by atoms with Crippen LogP contribution in [0.1, 0.15) is 79.7 Å². The number of amides is 1. The molecule has 0 bridgehead atoms. The smallest absolute Gasteiger partial charge is 0.247 e. The zero-order valence-corrected chi connectivity index (χ0v) is 20.0. The van der Waals surface area contributed by atoms with E-state index < -0.39 is 0 Å². The van der Waals surface area contributed by atoms with Gasteiger partial charge >= 0.3 is 0 Å². The topological polar surface area (TPSA) is 52.6 Å². The molecule has 1 heterocycles. The molecule has 0 unspecified atom stereocenters. The van der Waals surface area contributed by atoms with Crippen LogP contribution in [0.15, 0.2) is 42.0 Å². The number of benzene rings is 1. The van der Waals surface area contributed by atoms with Gasteiger partial charge in [0, 0.05) is 29.1 Å². The van der Waals surface area contributed by atoms with E-state index in [1.54, 1.807) is 0 Å². The molecule has 2 rings (SSSR count). The van der Waals surface area contributed by atoms with Crippen LogP contribution in [0.25, 0.3) is 0 Å². The average molecular weight is 415 g/mol. The van der Waals surface area contributed by atoms with Crippen molar-refractivity contribution in [1.82, 2.24) is 10.4 Å². The van der Waals surface area contributed by atoms with Gasteiger partial charge in [0.05, 0.1) is 0 Å². The van der Waals surface area contributed by atoms with Gasteiger partial charge in [0.2, 0.25) is 5.91 Å². The highest BCUT2D eigenvalue weighted by molar-refractivity contribution is 5.94. The number of nitrogens with one attached hydrogen (secondary N) is 1. The van der Waals surface area contributed by atoms with Crippen molar-refractivity contribution in [3.05, 3.63) is 47.5 Å². The number of hydroxylamine groups is 2. The fourth-order valence-electron chi connectivity index (χ4n) is 4.96. The summed E-state index contributed by atoms with van der Waals surface area (Å²) in [4.78, 5) is 13.3. The molecule has 4 heteroatoms. The average Bonchev–Trinajstić information content (AvgIpc) is 2.62. The third-order valence-electron chi connectivity index (χ3n) is 6.14. The van der Waals surface area contributed by atoms with Crippen LogP contribution in [0.4, 0.5) is 0 Å². The number of carbonyl (C=O) groups excluding carboxylic acids is 1. The summed E-state index contributed by atoms with van der Waals surface area (Å²) in [6, 6.07) is 10.2. The summed E-state index contributed by atoms with van der Waals surface area (Å²) in [5, 5.41) is 15.3. The second-order valence-corrected chi connectivity index (χ2v) is 10.9. The van der Waals surface area contributed by atoms with Crippen LogP contribution in [0.2, 0.25) is 0 Å². The molecule has 1 fully saturated rings. The number of hydrogen-bond donors (Lipinski definition) is 2. The Kier molecular flexibility index (Phi) is 8.29. The van der Waals surface area contributed by atoms with Crippen molar-refractivity contribution in [2.75, 3.05) is 0 Å². The van der Waals surface area contributed by atoms with Crippen LogP contribution in [-0.2, 0) is 11.2 Å². The summed E-state index contributed by atoms with van der Waals surface area (Å²) in [7, 11) is 0. The maximum absolute atomic E-state index is 13.3. The van der Waals surface area contributed by atoms with Gasteiger partial charge in [-0.1, -0.05) is 57.2 Å². The minimum atomic E-state index is -0.380. The van der Waals surface area contributed by atoms with E-state index in [0.717, 1.165) is 36.8 Å². The van der Waals surface area contributed by atoms with Gasteiger partial charge in [-0.2, -0.15) is 5.06 Å². The minimum absolute atomic E-state index is 0.0265. The lowest BCUT2D eigenvalue weighted by Crippen LogP contribution is -2.63. The Hall–Kier alpha value is -1.65. The number of nitrogens with zero attached hydrogens (tertiary/aromatic N) is 1. The van der Waals surface area contributed by atoms with E-state index in [0.29, 0.717) is 18.3 Å². The summed E-state index contributed by atoms with van der Waals surface area (Å²) in [6.07, 6.45) is 6.32. The molecule has 1 aromatic carbocycles. The molecule has 0 saturated carbocycles. The molecule has 1 aromatic rings. The van der Waals surface area contributed by atoms with E-state index in [2.05, 4.69) is 44.3 Å². The van der Waals surface area contributed by atoms with Gasteiger partial charge in [0.25, 0.3) is 0 Å². The third-order valence-corrected chi connectivity index (χ3v) is 6.14. The Labute approximate surface area is 183 Å². The molecule has 1 amide bonds. The quantitative estimate of drug-likeness (QED) is 0.532. The molecule has 30 heavy (non-hydrogen) atoms. The van der Waals surface area contributed by atoms with Crippen molar-refractivity contribution in [2.45, 2.75) is 97.7 Å². The Morgan fingerprint density at radius 2 is 1.70 bits per heavy atom. The first-order valence-corrected chi connectivity index (χ1v) is 11.4. The Balaban J connectivity index is 2.15. The van der Waals surface area contributed by atoms with Crippen molar-refractivity contribution in [1.29, 1.82) is 0 Å². The summed E-state index contributed by atoms with van der Waals surface area (Å²) in [6.45, 7) is 14.9. The first kappa shape index (κ1) is 24.6. The maximum atomic E-state index is 13.3. The van der Waals surface area contributed by atoms with Crippen LogP contribution < -0.4 is 5.32 Å². The Morgan fingerprint density at radius 1 is 1.13 bits per heavy atom. The molecule has 1 atom stereocenters. The van der Waals surface area contributed by atoms with Crippen LogP contribution in [-0.4, -0.2) is 33.3 Å². The molecule has 4 nitrogen and oxygen atoms in total.